The van der Waals surface area contributed by atoms with Crippen molar-refractivity contribution in [3.05, 3.63) is 58.2 Å². The first kappa shape index (κ1) is 25.2. The lowest BCUT2D eigenvalue weighted by Crippen LogP contribution is -2.53. The van der Waals surface area contributed by atoms with Crippen molar-refractivity contribution in [1.29, 1.82) is 0 Å². The monoisotopic (exact) mass is 518 g/mol. The minimum atomic E-state index is -5.52. The molecule has 0 N–H and O–H groups in total. The normalized spacial score (nSPS) is 24.7. The number of benzene rings is 1. The van der Waals surface area contributed by atoms with E-state index >= 15 is 0 Å². The molecule has 0 spiro atoms. The number of alkyl halides is 6. The summed E-state index contributed by atoms with van der Waals surface area (Å²) >= 11 is 0.724. The first-order valence-corrected chi connectivity index (χ1v) is 11.3. The molecule has 2 aliphatic heterocycles. The van der Waals surface area contributed by atoms with E-state index in [0.29, 0.717) is 6.07 Å². The van der Waals surface area contributed by atoms with Gasteiger partial charge in [0.05, 0.1) is 17.5 Å². The van der Waals surface area contributed by atoms with Gasteiger partial charge in [-0.3, -0.25) is 9.59 Å². The van der Waals surface area contributed by atoms with Gasteiger partial charge in [0.1, 0.15) is 5.41 Å². The molecule has 12 heteroatoms. The van der Waals surface area contributed by atoms with Crippen molar-refractivity contribution in [3.63, 3.8) is 0 Å². The van der Waals surface area contributed by atoms with Gasteiger partial charge in [-0.25, -0.2) is 9.59 Å². The first-order chi connectivity index (χ1) is 16.2. The predicted molar refractivity (Wildman–Crippen MR) is 111 cm³/mol. The van der Waals surface area contributed by atoms with E-state index < -0.39 is 70.0 Å². The van der Waals surface area contributed by atoms with E-state index in [1.165, 1.54) is 6.92 Å². The summed E-state index contributed by atoms with van der Waals surface area (Å²) in [5.41, 5.74) is -5.84. The van der Waals surface area contributed by atoms with Gasteiger partial charge in [-0.15, -0.1) is 0 Å². The van der Waals surface area contributed by atoms with Crippen LogP contribution in [0.2, 0.25) is 0 Å². The number of allylic oxidation sites excluding steroid dienone is 3. The number of ketones is 1. The van der Waals surface area contributed by atoms with Crippen molar-refractivity contribution in [1.82, 2.24) is 0 Å². The Labute approximate surface area is 198 Å². The van der Waals surface area contributed by atoms with Gasteiger partial charge in [0, 0.05) is 29.2 Å². The Morgan fingerprint density at radius 3 is 2.29 bits per heavy atom. The Bertz CT molecular complexity index is 1210. The average Bonchev–Trinajstić information content (AvgIpc) is 2.93. The van der Waals surface area contributed by atoms with E-state index in [1.54, 1.807) is 0 Å². The Kier molecular flexibility index (Phi) is 6.02. The number of fused-ring (bicyclic) bond motifs is 1. The molecule has 1 aromatic rings. The van der Waals surface area contributed by atoms with Crippen molar-refractivity contribution in [2.45, 2.75) is 37.5 Å². The highest BCUT2D eigenvalue weighted by molar-refractivity contribution is 8.14. The number of carbonyl (C=O) groups excluding carboxylic acids is 4. The molecule has 0 bridgehead atoms. The molecular formula is C23H16F6O5S. The van der Waals surface area contributed by atoms with E-state index in [9.17, 15) is 45.5 Å². The summed E-state index contributed by atoms with van der Waals surface area (Å²) in [6.07, 6.45) is -11.3. The molecule has 3 atom stereocenters. The fourth-order valence-corrected chi connectivity index (χ4v) is 5.93. The maximum atomic E-state index is 14.9. The van der Waals surface area contributed by atoms with E-state index in [4.69, 9.17) is 0 Å². The van der Waals surface area contributed by atoms with Crippen LogP contribution in [0.1, 0.15) is 46.0 Å². The Hall–Kier alpha value is -2.89. The molecule has 3 unspecified atom stereocenters. The number of rotatable bonds is 3. The van der Waals surface area contributed by atoms with Crippen molar-refractivity contribution < 1.29 is 50.3 Å². The van der Waals surface area contributed by atoms with Crippen molar-refractivity contribution in [2.24, 2.45) is 11.8 Å². The van der Waals surface area contributed by atoms with Crippen LogP contribution < -0.4 is 0 Å². The second-order valence-corrected chi connectivity index (χ2v) is 9.58. The van der Waals surface area contributed by atoms with E-state index in [2.05, 4.69) is 4.74 Å². The van der Waals surface area contributed by atoms with Crippen LogP contribution in [-0.4, -0.2) is 40.9 Å². The molecule has 1 aromatic carbocycles. The van der Waals surface area contributed by atoms with Gasteiger partial charge in [0.2, 0.25) is 5.12 Å². The smallest absolute Gasteiger partial charge is 0.386 e. The first-order valence-electron chi connectivity index (χ1n) is 10.3. The van der Waals surface area contributed by atoms with Crippen molar-refractivity contribution in [2.75, 3.05) is 5.75 Å². The third-order valence-corrected chi connectivity index (χ3v) is 7.44. The minimum Gasteiger partial charge on any atom is -0.386 e. The fourth-order valence-electron chi connectivity index (χ4n) is 5.00. The summed E-state index contributed by atoms with van der Waals surface area (Å²) < 4.78 is 90.3. The van der Waals surface area contributed by atoms with E-state index in [0.717, 1.165) is 36.0 Å². The average molecular weight is 518 g/mol. The number of thioether (sulfide) groups is 1. The van der Waals surface area contributed by atoms with Gasteiger partial charge in [-0.2, -0.15) is 26.3 Å². The van der Waals surface area contributed by atoms with Crippen LogP contribution in [-0.2, 0) is 19.7 Å². The summed E-state index contributed by atoms with van der Waals surface area (Å²) in [5.74, 6) is -6.14. The number of cyclic esters (lactones) is 2. The van der Waals surface area contributed by atoms with Gasteiger partial charge in [0.25, 0.3) is 0 Å². The predicted octanol–water partition coefficient (Wildman–Crippen LogP) is 5.10. The molecule has 3 aliphatic rings. The molecule has 0 aromatic heterocycles. The summed E-state index contributed by atoms with van der Waals surface area (Å²) in [6.45, 7) is 1.18. The molecule has 35 heavy (non-hydrogen) atoms. The van der Waals surface area contributed by atoms with Crippen molar-refractivity contribution >= 4 is 34.6 Å². The summed E-state index contributed by atoms with van der Waals surface area (Å²) in [7, 11) is 0. The molecule has 0 radical (unpaired) electrons. The second kappa shape index (κ2) is 8.35. The molecule has 0 amide bonds. The zero-order valence-corrected chi connectivity index (χ0v) is 18.7. The lowest BCUT2D eigenvalue weighted by atomic mass is 9.59. The number of halogens is 6. The number of esters is 2. The van der Waals surface area contributed by atoms with Crippen LogP contribution in [0.5, 0.6) is 0 Å². The molecule has 2 heterocycles. The lowest BCUT2D eigenvalue weighted by molar-refractivity contribution is -0.246. The summed E-state index contributed by atoms with van der Waals surface area (Å²) in [6, 6.07) is 2.14. The largest absolute Gasteiger partial charge is 0.399 e. The van der Waals surface area contributed by atoms with E-state index in [1.807, 2.05) is 0 Å². The number of hydrogen-bond donors (Lipinski definition) is 0. The second-order valence-electron chi connectivity index (χ2n) is 8.51. The quantitative estimate of drug-likeness (QED) is 0.315. The fraction of sp³-hybridized carbons (Fsp3) is 0.391. The molecular weight excluding hydrogens is 502 g/mol. The maximum Gasteiger partial charge on any atom is 0.399 e. The number of carbonyl (C=O) groups is 4. The molecule has 0 fully saturated rings. The highest BCUT2D eigenvalue weighted by Crippen LogP contribution is 2.57. The lowest BCUT2D eigenvalue weighted by Gasteiger charge is -2.46. The zero-order valence-electron chi connectivity index (χ0n) is 17.9. The Morgan fingerprint density at radius 1 is 1.00 bits per heavy atom. The summed E-state index contributed by atoms with van der Waals surface area (Å²) in [4.78, 5) is 48.8. The topological polar surface area (TPSA) is 77.5 Å². The number of ether oxygens (including phenoxy) is 1. The van der Waals surface area contributed by atoms with Crippen LogP contribution in [0, 0.1) is 11.8 Å². The van der Waals surface area contributed by atoms with Crippen LogP contribution in [0.25, 0.3) is 0 Å². The molecule has 1 aliphatic carbocycles. The van der Waals surface area contributed by atoms with E-state index in [-0.39, 0.29) is 28.9 Å². The Morgan fingerprint density at radius 2 is 1.66 bits per heavy atom. The van der Waals surface area contributed by atoms with Crippen LogP contribution in [0.15, 0.2) is 41.5 Å². The van der Waals surface area contributed by atoms with Crippen LogP contribution >= 0.6 is 11.8 Å². The molecule has 0 saturated carbocycles. The number of Topliss-reactive ketones (excluding diaryl/α,β-unsaturated/α-hetero) is 1. The molecule has 5 nitrogen and oxygen atoms in total. The minimum absolute atomic E-state index is 0.0368. The SMILES string of the molecule is CC1C2=C(C=CC1C(CC(F)(F)F)(c1ccc3c(c1)C(=O)OC3=O)C(F)(F)F)C(=O)CCSC2=O. The zero-order chi connectivity index (χ0) is 25.9. The van der Waals surface area contributed by atoms with Gasteiger partial charge < -0.3 is 4.74 Å². The Balaban J connectivity index is 1.97. The van der Waals surface area contributed by atoms with Crippen molar-refractivity contribution in [3.8, 4) is 0 Å². The summed E-state index contributed by atoms with van der Waals surface area (Å²) in [5, 5.41) is -0.668. The highest BCUT2D eigenvalue weighted by Gasteiger charge is 2.65. The van der Waals surface area contributed by atoms with Crippen LogP contribution in [0.3, 0.4) is 0 Å². The third kappa shape index (κ3) is 4.11. The van der Waals surface area contributed by atoms with Gasteiger partial charge in [0.15, 0.2) is 5.78 Å². The third-order valence-electron chi connectivity index (χ3n) is 6.55. The van der Waals surface area contributed by atoms with Crippen LogP contribution in [0.4, 0.5) is 26.3 Å². The van der Waals surface area contributed by atoms with Gasteiger partial charge in [-0.1, -0.05) is 36.9 Å². The van der Waals surface area contributed by atoms with Gasteiger partial charge >= 0.3 is 24.3 Å². The molecule has 0 saturated heterocycles. The highest BCUT2D eigenvalue weighted by atomic mass is 32.2. The van der Waals surface area contributed by atoms with Gasteiger partial charge in [-0.05, 0) is 23.6 Å². The number of hydrogen-bond acceptors (Lipinski definition) is 6. The molecule has 186 valence electrons. The molecule has 4 rings (SSSR count). The maximum absolute atomic E-state index is 14.9. The standard InChI is InChI=1S/C23H16F6O5S/c1-10-15(5-4-13-16(30)6-7-35-20(33)17(10)13)21(23(27,28)29,9-22(24,25)26)11-2-3-12-14(8-11)19(32)34-18(12)31/h2-5,8,10,15H,6-7,9H2,1H3.